The van der Waals surface area contributed by atoms with Gasteiger partial charge in [0.15, 0.2) is 5.75 Å². The van der Waals surface area contributed by atoms with Crippen molar-refractivity contribution < 1.29 is 27.5 Å². The van der Waals surface area contributed by atoms with Crippen molar-refractivity contribution in [3.63, 3.8) is 0 Å². The van der Waals surface area contributed by atoms with Crippen LogP contribution < -0.4 is 26.4 Å². The molecule has 0 unspecified atom stereocenters. The molecule has 0 aliphatic carbocycles. The number of hydrogen-bond donors (Lipinski definition) is 4. The number of carbonyl (C=O) groups is 2. The molecule has 1 aromatic rings. The van der Waals surface area contributed by atoms with E-state index in [0.717, 1.165) is 12.1 Å². The number of amides is 2. The lowest BCUT2D eigenvalue weighted by atomic mass is 10.1. The Morgan fingerprint density at radius 1 is 1.35 bits per heavy atom. The molecule has 0 fully saturated rings. The van der Waals surface area contributed by atoms with E-state index in [4.69, 9.17) is 11.6 Å². The SMILES string of the molecule is CCC(=O)Nc1c(OC(F)(F)F)ccc(C(=O)NC2=NNNN2C)c1Cl. The second-order valence-electron chi connectivity index (χ2n) is 4.92. The van der Waals surface area contributed by atoms with E-state index in [9.17, 15) is 22.8 Å². The zero-order valence-corrected chi connectivity index (χ0v) is 14.2. The van der Waals surface area contributed by atoms with Gasteiger partial charge in [-0.15, -0.1) is 23.8 Å². The van der Waals surface area contributed by atoms with Crippen LogP contribution in [0.4, 0.5) is 18.9 Å². The molecule has 2 rings (SSSR count). The summed E-state index contributed by atoms with van der Waals surface area (Å²) in [7, 11) is 1.55. The molecular weight excluding hydrogens is 381 g/mol. The van der Waals surface area contributed by atoms with Crippen molar-refractivity contribution in [1.29, 1.82) is 0 Å². The summed E-state index contributed by atoms with van der Waals surface area (Å²) in [5.41, 5.74) is 4.30. The summed E-state index contributed by atoms with van der Waals surface area (Å²) in [6.07, 6.45) is -5.02. The maximum atomic E-state index is 12.6. The Hall–Kier alpha value is -2.73. The first-order valence-electron chi connectivity index (χ1n) is 7.14. The van der Waals surface area contributed by atoms with Gasteiger partial charge in [0.2, 0.25) is 11.9 Å². The van der Waals surface area contributed by atoms with Gasteiger partial charge in [-0.1, -0.05) is 18.5 Å². The fraction of sp³-hybridized carbons (Fsp3) is 0.308. The van der Waals surface area contributed by atoms with Crippen LogP contribution in [0.5, 0.6) is 5.75 Å². The molecule has 0 saturated carbocycles. The van der Waals surface area contributed by atoms with Crippen molar-refractivity contribution in [3.05, 3.63) is 22.7 Å². The third-order valence-electron chi connectivity index (χ3n) is 3.08. The normalized spacial score (nSPS) is 13.8. The Balaban J connectivity index is 2.36. The first-order valence-corrected chi connectivity index (χ1v) is 7.51. The fourth-order valence-corrected chi connectivity index (χ4v) is 2.14. The molecule has 13 heteroatoms. The number of halogens is 4. The van der Waals surface area contributed by atoms with Crippen LogP contribution in [-0.4, -0.2) is 36.2 Å². The first-order chi connectivity index (χ1) is 12.1. The van der Waals surface area contributed by atoms with Gasteiger partial charge in [-0.25, -0.2) is 5.53 Å². The van der Waals surface area contributed by atoms with E-state index in [0.29, 0.717) is 0 Å². The van der Waals surface area contributed by atoms with Crippen LogP contribution in [-0.2, 0) is 4.79 Å². The highest BCUT2D eigenvalue weighted by molar-refractivity contribution is 6.37. The molecular formula is C13H14ClF3N6O3. The van der Waals surface area contributed by atoms with Crippen LogP contribution in [0.3, 0.4) is 0 Å². The van der Waals surface area contributed by atoms with Crippen LogP contribution >= 0.6 is 11.6 Å². The van der Waals surface area contributed by atoms with Gasteiger partial charge in [-0.05, 0) is 12.1 Å². The second kappa shape index (κ2) is 7.66. The van der Waals surface area contributed by atoms with E-state index in [1.54, 1.807) is 7.05 Å². The molecule has 4 N–H and O–H groups in total. The zero-order valence-electron chi connectivity index (χ0n) is 13.5. The van der Waals surface area contributed by atoms with Crippen LogP contribution in [0.25, 0.3) is 0 Å². The van der Waals surface area contributed by atoms with Crippen molar-refractivity contribution in [2.45, 2.75) is 19.7 Å². The minimum Gasteiger partial charge on any atom is -0.404 e. The molecule has 0 spiro atoms. The number of hydrogen-bond acceptors (Lipinski definition) is 7. The predicted molar refractivity (Wildman–Crippen MR) is 86.0 cm³/mol. The number of hydrazine groups is 2. The maximum absolute atomic E-state index is 12.6. The number of rotatable bonds is 4. The molecule has 0 saturated heterocycles. The lowest BCUT2D eigenvalue weighted by Gasteiger charge is -2.18. The van der Waals surface area contributed by atoms with Gasteiger partial charge in [0.1, 0.15) is 5.69 Å². The van der Waals surface area contributed by atoms with Crippen molar-refractivity contribution in [1.82, 2.24) is 21.4 Å². The summed E-state index contributed by atoms with van der Waals surface area (Å²) in [6, 6.07) is 1.92. The van der Waals surface area contributed by atoms with Crippen molar-refractivity contribution in [2.24, 2.45) is 5.10 Å². The molecule has 0 bridgehead atoms. The minimum absolute atomic E-state index is 0.0167. The van der Waals surface area contributed by atoms with Gasteiger partial charge in [0.05, 0.1) is 10.6 Å². The van der Waals surface area contributed by atoms with E-state index >= 15 is 0 Å². The smallest absolute Gasteiger partial charge is 0.404 e. The van der Waals surface area contributed by atoms with E-state index < -0.39 is 34.6 Å². The number of benzene rings is 1. The number of ether oxygens (including phenoxy) is 1. The Bertz CT molecular complexity index is 755. The summed E-state index contributed by atoms with van der Waals surface area (Å²) < 4.78 is 41.5. The summed E-state index contributed by atoms with van der Waals surface area (Å²) in [4.78, 5) is 23.9. The average molecular weight is 395 g/mol. The highest BCUT2D eigenvalue weighted by Crippen LogP contribution is 2.38. The van der Waals surface area contributed by atoms with E-state index in [1.807, 2.05) is 0 Å². The van der Waals surface area contributed by atoms with Crippen LogP contribution in [0.15, 0.2) is 17.2 Å². The number of guanidine groups is 1. The van der Waals surface area contributed by atoms with Gasteiger partial charge < -0.3 is 10.1 Å². The predicted octanol–water partition coefficient (Wildman–Crippen LogP) is 1.54. The molecule has 1 aliphatic rings. The number of hydrazone groups is 1. The molecule has 0 aromatic heterocycles. The molecule has 9 nitrogen and oxygen atoms in total. The summed E-state index contributed by atoms with van der Waals surface area (Å²) >= 11 is 6.05. The quantitative estimate of drug-likeness (QED) is 0.617. The summed E-state index contributed by atoms with van der Waals surface area (Å²) in [5, 5.41) is 9.26. The molecule has 0 atom stereocenters. The lowest BCUT2D eigenvalue weighted by molar-refractivity contribution is -0.274. The largest absolute Gasteiger partial charge is 0.573 e. The second-order valence-corrected chi connectivity index (χ2v) is 5.30. The Labute approximate surface area is 150 Å². The van der Waals surface area contributed by atoms with E-state index in [2.05, 4.69) is 31.5 Å². The molecule has 26 heavy (non-hydrogen) atoms. The average Bonchev–Trinajstić information content (AvgIpc) is 2.94. The van der Waals surface area contributed by atoms with Crippen molar-refractivity contribution in [2.75, 3.05) is 12.4 Å². The van der Waals surface area contributed by atoms with Crippen molar-refractivity contribution in [3.8, 4) is 5.75 Å². The van der Waals surface area contributed by atoms with Gasteiger partial charge in [0.25, 0.3) is 5.91 Å². The van der Waals surface area contributed by atoms with Crippen LogP contribution in [0.2, 0.25) is 5.02 Å². The van der Waals surface area contributed by atoms with Gasteiger partial charge >= 0.3 is 6.36 Å². The summed E-state index contributed by atoms with van der Waals surface area (Å²) in [5.74, 6) is -2.00. The van der Waals surface area contributed by atoms with Gasteiger partial charge in [-0.3, -0.25) is 19.9 Å². The van der Waals surface area contributed by atoms with Crippen molar-refractivity contribution >= 4 is 35.1 Å². The first kappa shape index (κ1) is 19.6. The van der Waals surface area contributed by atoms with Crippen LogP contribution in [0.1, 0.15) is 23.7 Å². The zero-order chi connectivity index (χ0) is 19.5. The Morgan fingerprint density at radius 3 is 2.58 bits per heavy atom. The fourth-order valence-electron chi connectivity index (χ4n) is 1.85. The van der Waals surface area contributed by atoms with E-state index in [-0.39, 0.29) is 17.9 Å². The number of carbonyl (C=O) groups excluding carboxylic acids is 2. The third-order valence-corrected chi connectivity index (χ3v) is 3.47. The number of nitrogens with zero attached hydrogens (tertiary/aromatic N) is 2. The lowest BCUT2D eigenvalue weighted by Crippen LogP contribution is -2.45. The molecule has 0 radical (unpaired) electrons. The molecule has 2 amide bonds. The third kappa shape index (κ3) is 4.67. The monoisotopic (exact) mass is 394 g/mol. The standard InChI is InChI=1S/C13H14ClF3N6O3/c1-3-8(24)18-10-7(26-13(15,16)17)5-4-6(9(10)14)11(25)19-12-20-21-22-23(12)2/h4-5,21-22H,3H2,1-2H3,(H,18,24)(H,19,20,25). The van der Waals surface area contributed by atoms with Gasteiger partial charge in [-0.2, -0.15) is 0 Å². The van der Waals surface area contributed by atoms with Crippen LogP contribution in [0, 0.1) is 0 Å². The number of nitrogens with one attached hydrogen (secondary N) is 4. The maximum Gasteiger partial charge on any atom is 0.573 e. The molecule has 1 aliphatic heterocycles. The van der Waals surface area contributed by atoms with Gasteiger partial charge in [0, 0.05) is 13.5 Å². The molecule has 142 valence electrons. The molecule has 1 aromatic carbocycles. The highest BCUT2D eigenvalue weighted by atomic mass is 35.5. The summed E-state index contributed by atoms with van der Waals surface area (Å²) in [6.45, 7) is 1.50. The van der Waals surface area contributed by atoms with E-state index in [1.165, 1.54) is 11.9 Å². The Kier molecular flexibility index (Phi) is 5.77. The Morgan fingerprint density at radius 2 is 2.04 bits per heavy atom. The molecule has 1 heterocycles. The minimum atomic E-state index is -5.00. The number of alkyl halides is 3. The topological polar surface area (TPSA) is 107 Å². The number of anilines is 1. The highest BCUT2D eigenvalue weighted by Gasteiger charge is 2.33.